The molecule has 0 fully saturated rings. The van der Waals surface area contributed by atoms with Crippen molar-refractivity contribution in [3.63, 3.8) is 0 Å². The Morgan fingerprint density at radius 1 is 0.286 bits per heavy atom. The number of hydrogen-bond donors (Lipinski definition) is 0. The molecule has 0 N–H and O–H groups in total. The molecule has 1 heteroatoms. The summed E-state index contributed by atoms with van der Waals surface area (Å²) in [7, 11) is 0. The van der Waals surface area contributed by atoms with Gasteiger partial charge in [0.2, 0.25) is 0 Å². The van der Waals surface area contributed by atoms with Gasteiger partial charge in [0, 0.05) is 22.5 Å². The first kappa shape index (κ1) is 33.6. The van der Waals surface area contributed by atoms with E-state index in [9.17, 15) is 0 Å². The summed E-state index contributed by atoms with van der Waals surface area (Å²) in [4.78, 5) is 2.43. The molecular formula is C55H41N. The second kappa shape index (κ2) is 13.7. The maximum atomic E-state index is 2.43. The summed E-state index contributed by atoms with van der Waals surface area (Å²) < 4.78 is 0. The second-order valence-corrected chi connectivity index (χ2v) is 15.4. The van der Waals surface area contributed by atoms with Crippen LogP contribution in [0.1, 0.15) is 25.0 Å². The lowest BCUT2D eigenvalue weighted by atomic mass is 9.82. The normalized spacial score (nSPS) is 12.6. The van der Waals surface area contributed by atoms with Gasteiger partial charge in [0.05, 0.1) is 0 Å². The molecule has 0 unspecified atom stereocenters. The van der Waals surface area contributed by atoms with E-state index in [1.165, 1.54) is 77.5 Å². The highest BCUT2D eigenvalue weighted by Gasteiger charge is 2.35. The monoisotopic (exact) mass is 715 g/mol. The molecule has 0 aliphatic heterocycles. The lowest BCUT2D eigenvalue weighted by molar-refractivity contribution is 0.660. The molecule has 9 aromatic rings. The Morgan fingerprint density at radius 3 is 1.52 bits per heavy atom. The zero-order chi connectivity index (χ0) is 37.6. The van der Waals surface area contributed by atoms with Crippen LogP contribution >= 0.6 is 0 Å². The maximum absolute atomic E-state index is 2.43. The van der Waals surface area contributed by atoms with Crippen LogP contribution in [0.2, 0.25) is 0 Å². The van der Waals surface area contributed by atoms with Crippen LogP contribution in [-0.4, -0.2) is 0 Å². The minimum atomic E-state index is -0.117. The highest BCUT2D eigenvalue weighted by molar-refractivity contribution is 5.95. The quantitative estimate of drug-likeness (QED) is 0.159. The largest absolute Gasteiger partial charge is 0.310 e. The van der Waals surface area contributed by atoms with E-state index in [2.05, 4.69) is 231 Å². The van der Waals surface area contributed by atoms with Crippen molar-refractivity contribution in [2.75, 3.05) is 4.90 Å². The van der Waals surface area contributed by atoms with E-state index in [0.717, 1.165) is 17.1 Å². The third-order valence-corrected chi connectivity index (χ3v) is 11.7. The fourth-order valence-electron chi connectivity index (χ4n) is 8.80. The van der Waals surface area contributed by atoms with Crippen molar-refractivity contribution in [1.29, 1.82) is 0 Å². The molecule has 0 amide bonds. The van der Waals surface area contributed by atoms with E-state index in [0.29, 0.717) is 0 Å². The molecule has 0 saturated heterocycles. The van der Waals surface area contributed by atoms with Crippen molar-refractivity contribution >= 4 is 27.8 Å². The van der Waals surface area contributed by atoms with Crippen LogP contribution in [0.25, 0.3) is 66.4 Å². The second-order valence-electron chi connectivity index (χ2n) is 15.4. The van der Waals surface area contributed by atoms with Crippen LogP contribution in [-0.2, 0) is 5.41 Å². The van der Waals surface area contributed by atoms with Crippen LogP contribution < -0.4 is 4.90 Å². The highest BCUT2D eigenvalue weighted by Crippen LogP contribution is 2.51. The van der Waals surface area contributed by atoms with Crippen LogP contribution in [0, 0.1) is 0 Å². The molecule has 56 heavy (non-hydrogen) atoms. The molecule has 9 aromatic carbocycles. The van der Waals surface area contributed by atoms with Crippen LogP contribution in [0.4, 0.5) is 17.1 Å². The smallest absolute Gasteiger partial charge is 0.0468 e. The Balaban J connectivity index is 1.15. The van der Waals surface area contributed by atoms with E-state index in [1.54, 1.807) is 0 Å². The van der Waals surface area contributed by atoms with Crippen molar-refractivity contribution in [2.24, 2.45) is 0 Å². The minimum Gasteiger partial charge on any atom is -0.310 e. The molecule has 0 atom stereocenters. The standard InChI is InChI=1S/C55H41N/c1-55(2)53-24-14-13-23-50(53)51-34-32-46(37-54(51)55)56(44-29-27-39(28-30-44)43-26-25-38-15-9-10-20-42(38)35-43)45-31-33-49(52(36-45)41-18-7-4-8-19-41)48-22-12-11-21-47(48)40-16-5-3-6-17-40/h3-37H,1-2H3. The summed E-state index contributed by atoms with van der Waals surface area (Å²) in [6, 6.07) is 77.7. The van der Waals surface area contributed by atoms with Gasteiger partial charge in [-0.2, -0.15) is 0 Å². The minimum absolute atomic E-state index is 0.117. The Hall–Kier alpha value is -6.96. The first-order chi connectivity index (χ1) is 27.5. The average molecular weight is 716 g/mol. The first-order valence-electron chi connectivity index (χ1n) is 19.5. The fourth-order valence-corrected chi connectivity index (χ4v) is 8.80. The van der Waals surface area contributed by atoms with E-state index in [4.69, 9.17) is 0 Å². The topological polar surface area (TPSA) is 3.24 Å². The molecule has 0 radical (unpaired) electrons. The summed E-state index contributed by atoms with van der Waals surface area (Å²) in [5, 5.41) is 2.50. The lowest BCUT2D eigenvalue weighted by Gasteiger charge is -2.29. The highest BCUT2D eigenvalue weighted by atomic mass is 15.1. The molecular weight excluding hydrogens is 675 g/mol. The SMILES string of the molecule is CC1(C)c2ccccc2-c2ccc(N(c3ccc(-c4ccc5ccccc5c4)cc3)c3ccc(-c4ccccc4-c4ccccc4)c(-c4ccccc4)c3)cc21. The fraction of sp³-hybridized carbons (Fsp3) is 0.0545. The Bertz CT molecular complexity index is 2870. The van der Waals surface area contributed by atoms with E-state index >= 15 is 0 Å². The van der Waals surface area contributed by atoms with Gasteiger partial charge in [-0.1, -0.05) is 184 Å². The molecule has 266 valence electrons. The van der Waals surface area contributed by atoms with Gasteiger partial charge in [0.1, 0.15) is 0 Å². The van der Waals surface area contributed by atoms with Crippen molar-refractivity contribution < 1.29 is 0 Å². The van der Waals surface area contributed by atoms with Gasteiger partial charge in [-0.3, -0.25) is 0 Å². The van der Waals surface area contributed by atoms with E-state index in [-0.39, 0.29) is 5.41 Å². The van der Waals surface area contributed by atoms with Gasteiger partial charge in [-0.25, -0.2) is 0 Å². The summed E-state index contributed by atoms with van der Waals surface area (Å²) in [5.74, 6) is 0. The van der Waals surface area contributed by atoms with Gasteiger partial charge in [0.15, 0.2) is 0 Å². The number of fused-ring (bicyclic) bond motifs is 4. The molecule has 0 bridgehead atoms. The number of nitrogens with zero attached hydrogens (tertiary/aromatic N) is 1. The van der Waals surface area contributed by atoms with Crippen molar-refractivity contribution in [3.8, 4) is 55.6 Å². The molecule has 10 rings (SSSR count). The number of hydrogen-bond acceptors (Lipinski definition) is 1. The number of rotatable bonds is 7. The van der Waals surface area contributed by atoms with E-state index < -0.39 is 0 Å². The lowest BCUT2D eigenvalue weighted by Crippen LogP contribution is -2.16. The van der Waals surface area contributed by atoms with Crippen molar-refractivity contribution in [2.45, 2.75) is 19.3 Å². The molecule has 0 aromatic heterocycles. The Kier molecular flexibility index (Phi) is 8.23. The van der Waals surface area contributed by atoms with Gasteiger partial charge in [-0.15, -0.1) is 0 Å². The predicted octanol–water partition coefficient (Wildman–Crippen LogP) is 15.3. The Morgan fingerprint density at radius 2 is 0.786 bits per heavy atom. The third kappa shape index (κ3) is 5.81. The van der Waals surface area contributed by atoms with Gasteiger partial charge < -0.3 is 4.90 Å². The van der Waals surface area contributed by atoms with Gasteiger partial charge >= 0.3 is 0 Å². The first-order valence-corrected chi connectivity index (χ1v) is 19.5. The van der Waals surface area contributed by atoms with Crippen LogP contribution in [0.5, 0.6) is 0 Å². The van der Waals surface area contributed by atoms with Crippen LogP contribution in [0.3, 0.4) is 0 Å². The maximum Gasteiger partial charge on any atom is 0.0468 e. The summed E-state index contributed by atoms with van der Waals surface area (Å²) in [6.07, 6.45) is 0. The van der Waals surface area contributed by atoms with Gasteiger partial charge in [-0.05, 0) is 120 Å². The van der Waals surface area contributed by atoms with Crippen LogP contribution in [0.15, 0.2) is 212 Å². The summed E-state index contributed by atoms with van der Waals surface area (Å²) >= 11 is 0. The van der Waals surface area contributed by atoms with Crippen molar-refractivity contribution in [3.05, 3.63) is 223 Å². The molecule has 0 spiro atoms. The zero-order valence-electron chi connectivity index (χ0n) is 31.7. The molecule has 1 aliphatic carbocycles. The zero-order valence-corrected chi connectivity index (χ0v) is 31.7. The molecule has 0 saturated carbocycles. The molecule has 1 nitrogen and oxygen atoms in total. The van der Waals surface area contributed by atoms with Gasteiger partial charge in [0.25, 0.3) is 0 Å². The number of benzene rings is 9. The number of anilines is 3. The Labute approximate surface area is 329 Å². The molecule has 1 aliphatic rings. The summed E-state index contributed by atoms with van der Waals surface area (Å²) in [6.45, 7) is 4.72. The van der Waals surface area contributed by atoms with E-state index in [1.807, 2.05) is 0 Å². The third-order valence-electron chi connectivity index (χ3n) is 11.7. The molecule has 0 heterocycles. The summed E-state index contributed by atoms with van der Waals surface area (Å²) in [5.41, 5.74) is 18.3. The van der Waals surface area contributed by atoms with Crippen molar-refractivity contribution in [1.82, 2.24) is 0 Å². The predicted molar refractivity (Wildman–Crippen MR) is 238 cm³/mol. The average Bonchev–Trinajstić information content (AvgIpc) is 3.49.